The van der Waals surface area contributed by atoms with Crippen LogP contribution in [0.25, 0.3) is 0 Å². The van der Waals surface area contributed by atoms with E-state index in [2.05, 4.69) is 16.0 Å². The molecule has 0 spiro atoms. The second-order valence-electron chi connectivity index (χ2n) is 8.71. The summed E-state index contributed by atoms with van der Waals surface area (Å²) < 4.78 is 5.29. The first-order chi connectivity index (χ1) is 13.0. The topological polar surface area (TPSA) is 79.5 Å². The fourth-order valence-corrected chi connectivity index (χ4v) is 5.82. The van der Waals surface area contributed by atoms with Crippen molar-refractivity contribution in [2.45, 2.75) is 57.0 Å². The van der Waals surface area contributed by atoms with Crippen LogP contribution in [0.4, 0.5) is 10.5 Å². The SMILES string of the molecule is COc1ccccc1N[C@H](C)C(=O)NC(=O)NC12CC3CC(CC(C3)C1)C2. The Morgan fingerprint density at radius 3 is 2.26 bits per heavy atom. The standard InChI is InChI=1S/C21H29N3O3/c1-13(22-17-5-3-4-6-18(17)27-2)19(25)23-20(26)24-21-10-14-7-15(11-21)9-16(8-14)12-21/h3-6,13-16,22H,7-12H2,1-2H3,(H2,23,24,25,26)/t13-,14?,15?,16?,21?/m1/s1. The highest BCUT2D eigenvalue weighted by Gasteiger charge is 2.51. The number of para-hydroxylation sites is 2. The molecule has 27 heavy (non-hydrogen) atoms. The van der Waals surface area contributed by atoms with Gasteiger partial charge in [0.1, 0.15) is 11.8 Å². The normalized spacial score (nSPS) is 31.9. The van der Waals surface area contributed by atoms with Crippen molar-refractivity contribution < 1.29 is 14.3 Å². The summed E-state index contributed by atoms with van der Waals surface area (Å²) in [5.74, 6) is 2.56. The maximum atomic E-state index is 12.5. The van der Waals surface area contributed by atoms with Crippen molar-refractivity contribution in [3.8, 4) is 5.75 Å². The first-order valence-corrected chi connectivity index (χ1v) is 9.99. The number of hydrogen-bond acceptors (Lipinski definition) is 4. The minimum absolute atomic E-state index is 0.0988. The minimum Gasteiger partial charge on any atom is -0.495 e. The molecule has 4 aliphatic carbocycles. The molecule has 6 nitrogen and oxygen atoms in total. The molecule has 0 radical (unpaired) electrons. The smallest absolute Gasteiger partial charge is 0.321 e. The monoisotopic (exact) mass is 371 g/mol. The van der Waals surface area contributed by atoms with Crippen LogP contribution in [0, 0.1) is 17.8 Å². The Hall–Kier alpha value is -2.24. The zero-order valence-electron chi connectivity index (χ0n) is 16.1. The zero-order valence-corrected chi connectivity index (χ0v) is 16.1. The van der Waals surface area contributed by atoms with Gasteiger partial charge >= 0.3 is 6.03 Å². The number of hydrogen-bond donors (Lipinski definition) is 3. The van der Waals surface area contributed by atoms with E-state index < -0.39 is 6.04 Å². The van der Waals surface area contributed by atoms with Gasteiger partial charge in [-0.25, -0.2) is 4.79 Å². The molecule has 1 atom stereocenters. The summed E-state index contributed by atoms with van der Waals surface area (Å²) in [5, 5.41) is 8.80. The summed E-state index contributed by atoms with van der Waals surface area (Å²) in [7, 11) is 1.59. The van der Waals surface area contributed by atoms with Crippen LogP contribution in [0.2, 0.25) is 0 Å². The molecule has 146 valence electrons. The summed E-state index contributed by atoms with van der Waals surface area (Å²) in [6.45, 7) is 1.74. The van der Waals surface area contributed by atoms with E-state index >= 15 is 0 Å². The second kappa shape index (κ2) is 7.06. The molecule has 0 aliphatic heterocycles. The van der Waals surface area contributed by atoms with Gasteiger partial charge in [0.05, 0.1) is 12.8 Å². The molecule has 4 aliphatic rings. The lowest BCUT2D eigenvalue weighted by Crippen LogP contribution is -2.62. The molecule has 4 saturated carbocycles. The average molecular weight is 371 g/mol. The highest BCUT2D eigenvalue weighted by Crippen LogP contribution is 2.55. The first-order valence-electron chi connectivity index (χ1n) is 9.99. The summed E-state index contributed by atoms with van der Waals surface area (Å²) >= 11 is 0. The van der Waals surface area contributed by atoms with Crippen molar-refractivity contribution in [3.63, 3.8) is 0 Å². The van der Waals surface area contributed by atoms with Crippen LogP contribution < -0.4 is 20.7 Å². The lowest BCUT2D eigenvalue weighted by atomic mass is 9.53. The van der Waals surface area contributed by atoms with Crippen molar-refractivity contribution >= 4 is 17.6 Å². The van der Waals surface area contributed by atoms with Gasteiger partial charge in [-0.2, -0.15) is 0 Å². The van der Waals surface area contributed by atoms with E-state index in [1.165, 1.54) is 19.3 Å². The van der Waals surface area contributed by atoms with Crippen molar-refractivity contribution in [2.24, 2.45) is 17.8 Å². The molecule has 5 rings (SSSR count). The van der Waals surface area contributed by atoms with Crippen molar-refractivity contribution in [2.75, 3.05) is 12.4 Å². The van der Waals surface area contributed by atoms with E-state index in [4.69, 9.17) is 4.74 Å². The number of carbonyl (C=O) groups excluding carboxylic acids is 2. The van der Waals surface area contributed by atoms with Gasteiger partial charge in [0.2, 0.25) is 5.91 Å². The van der Waals surface area contributed by atoms with Gasteiger partial charge in [0, 0.05) is 5.54 Å². The van der Waals surface area contributed by atoms with E-state index in [1.807, 2.05) is 24.3 Å². The van der Waals surface area contributed by atoms with Crippen LogP contribution in [-0.4, -0.2) is 30.6 Å². The molecule has 4 bridgehead atoms. The van der Waals surface area contributed by atoms with Crippen LogP contribution in [0.15, 0.2) is 24.3 Å². The predicted octanol–water partition coefficient (Wildman–Crippen LogP) is 3.29. The summed E-state index contributed by atoms with van der Waals surface area (Å²) in [4.78, 5) is 25.0. The molecular weight excluding hydrogens is 342 g/mol. The molecule has 0 saturated heterocycles. The molecule has 6 heteroatoms. The van der Waals surface area contributed by atoms with Gasteiger partial charge in [-0.1, -0.05) is 12.1 Å². The van der Waals surface area contributed by atoms with E-state index in [1.54, 1.807) is 14.0 Å². The van der Waals surface area contributed by atoms with Gasteiger partial charge in [-0.05, 0) is 75.3 Å². The van der Waals surface area contributed by atoms with Crippen LogP contribution in [0.1, 0.15) is 45.4 Å². The van der Waals surface area contributed by atoms with Gasteiger partial charge in [0.25, 0.3) is 0 Å². The number of benzene rings is 1. The Balaban J connectivity index is 1.33. The number of carbonyl (C=O) groups is 2. The van der Waals surface area contributed by atoms with Crippen molar-refractivity contribution in [3.05, 3.63) is 24.3 Å². The van der Waals surface area contributed by atoms with Gasteiger partial charge < -0.3 is 15.4 Å². The summed E-state index contributed by atoms with van der Waals surface area (Å²) in [5.41, 5.74) is 0.627. The van der Waals surface area contributed by atoms with Gasteiger partial charge in [-0.3, -0.25) is 10.1 Å². The number of imide groups is 1. The Morgan fingerprint density at radius 2 is 1.67 bits per heavy atom. The largest absolute Gasteiger partial charge is 0.495 e. The zero-order chi connectivity index (χ0) is 19.0. The van der Waals surface area contributed by atoms with E-state index in [0.29, 0.717) is 5.75 Å². The van der Waals surface area contributed by atoms with E-state index in [9.17, 15) is 9.59 Å². The Morgan fingerprint density at radius 1 is 1.07 bits per heavy atom. The fourth-order valence-electron chi connectivity index (χ4n) is 5.82. The third kappa shape index (κ3) is 3.75. The quantitative estimate of drug-likeness (QED) is 0.742. The number of methoxy groups -OCH3 is 1. The summed E-state index contributed by atoms with van der Waals surface area (Å²) in [6, 6.07) is 6.49. The molecule has 0 heterocycles. The Bertz CT molecular complexity index is 698. The Kier molecular flexibility index (Phi) is 4.74. The Labute approximate surface area is 160 Å². The fraction of sp³-hybridized carbons (Fsp3) is 0.619. The molecular formula is C21H29N3O3. The van der Waals surface area contributed by atoms with Gasteiger partial charge in [0.15, 0.2) is 0 Å². The minimum atomic E-state index is -0.552. The maximum absolute atomic E-state index is 12.5. The van der Waals surface area contributed by atoms with Crippen LogP contribution in [0.5, 0.6) is 5.75 Å². The first kappa shape index (κ1) is 18.1. The third-order valence-electron chi connectivity index (χ3n) is 6.53. The lowest BCUT2D eigenvalue weighted by molar-refractivity contribution is -0.120. The number of amides is 3. The molecule has 1 aromatic carbocycles. The number of urea groups is 1. The van der Waals surface area contributed by atoms with Crippen LogP contribution in [0.3, 0.4) is 0 Å². The molecule has 3 amide bonds. The third-order valence-corrected chi connectivity index (χ3v) is 6.53. The maximum Gasteiger partial charge on any atom is 0.321 e. The van der Waals surface area contributed by atoms with Crippen LogP contribution >= 0.6 is 0 Å². The van der Waals surface area contributed by atoms with E-state index in [-0.39, 0.29) is 17.5 Å². The molecule has 0 unspecified atom stereocenters. The molecule has 3 N–H and O–H groups in total. The predicted molar refractivity (Wildman–Crippen MR) is 104 cm³/mol. The highest BCUT2D eigenvalue weighted by atomic mass is 16.5. The molecule has 0 aromatic heterocycles. The number of rotatable bonds is 5. The van der Waals surface area contributed by atoms with Crippen LogP contribution in [-0.2, 0) is 4.79 Å². The highest BCUT2D eigenvalue weighted by molar-refractivity contribution is 5.98. The van der Waals surface area contributed by atoms with Crippen molar-refractivity contribution in [1.29, 1.82) is 0 Å². The van der Waals surface area contributed by atoms with E-state index in [0.717, 1.165) is 42.7 Å². The van der Waals surface area contributed by atoms with Crippen molar-refractivity contribution in [1.82, 2.24) is 10.6 Å². The molecule has 4 fully saturated rings. The number of anilines is 1. The second-order valence-corrected chi connectivity index (χ2v) is 8.71. The average Bonchev–Trinajstić information content (AvgIpc) is 2.60. The summed E-state index contributed by atoms with van der Waals surface area (Å²) in [6.07, 6.45) is 7.16. The van der Waals surface area contributed by atoms with Gasteiger partial charge in [-0.15, -0.1) is 0 Å². The number of nitrogens with one attached hydrogen (secondary N) is 3. The lowest BCUT2D eigenvalue weighted by Gasteiger charge is -2.56. The number of ether oxygens (including phenoxy) is 1. The molecule has 1 aromatic rings.